The lowest BCUT2D eigenvalue weighted by molar-refractivity contribution is 0.493. The standard InChI is InChI=1S/C16H32S/c1-3-4-5-6-7-8-9-10-11-12-13-16(2)14-15-17/h15-16H,3-14H2,1-2H3. The van der Waals surface area contributed by atoms with Crippen molar-refractivity contribution >= 4 is 17.6 Å². The molecule has 0 aliphatic rings. The summed E-state index contributed by atoms with van der Waals surface area (Å²) in [6, 6.07) is 0. The first kappa shape index (κ1) is 17.1. The highest BCUT2D eigenvalue weighted by atomic mass is 32.1. The molecule has 102 valence electrons. The third kappa shape index (κ3) is 14.0. The van der Waals surface area contributed by atoms with Crippen molar-refractivity contribution in [2.45, 2.75) is 90.9 Å². The van der Waals surface area contributed by atoms with Crippen LogP contribution in [0, 0.1) is 5.92 Å². The van der Waals surface area contributed by atoms with Crippen molar-refractivity contribution in [1.29, 1.82) is 0 Å². The van der Waals surface area contributed by atoms with Crippen LogP contribution in [-0.4, -0.2) is 5.37 Å². The molecule has 0 fully saturated rings. The van der Waals surface area contributed by atoms with E-state index < -0.39 is 0 Å². The van der Waals surface area contributed by atoms with Gasteiger partial charge in [-0.2, -0.15) is 0 Å². The van der Waals surface area contributed by atoms with Gasteiger partial charge in [-0.15, -0.1) is 0 Å². The van der Waals surface area contributed by atoms with Crippen LogP contribution < -0.4 is 0 Å². The minimum Gasteiger partial charge on any atom is -0.0935 e. The van der Waals surface area contributed by atoms with E-state index in [1.807, 2.05) is 5.37 Å². The molecule has 0 aliphatic heterocycles. The second-order valence-electron chi connectivity index (χ2n) is 5.48. The van der Waals surface area contributed by atoms with Gasteiger partial charge in [0.15, 0.2) is 0 Å². The summed E-state index contributed by atoms with van der Waals surface area (Å²) in [6.07, 6.45) is 16.8. The fraction of sp³-hybridized carbons (Fsp3) is 0.938. The van der Waals surface area contributed by atoms with E-state index in [4.69, 9.17) is 12.2 Å². The van der Waals surface area contributed by atoms with Crippen LogP contribution in [0.2, 0.25) is 0 Å². The molecule has 0 radical (unpaired) electrons. The SMILES string of the molecule is CCCCCCCCCCCCC(C)CC=S. The Morgan fingerprint density at radius 3 is 1.76 bits per heavy atom. The molecule has 0 aliphatic carbocycles. The van der Waals surface area contributed by atoms with Gasteiger partial charge in [-0.05, 0) is 17.7 Å². The van der Waals surface area contributed by atoms with Crippen LogP contribution in [0.1, 0.15) is 90.9 Å². The maximum atomic E-state index is 4.88. The van der Waals surface area contributed by atoms with Crippen molar-refractivity contribution < 1.29 is 0 Å². The van der Waals surface area contributed by atoms with E-state index >= 15 is 0 Å². The summed E-state index contributed by atoms with van der Waals surface area (Å²) in [7, 11) is 0. The van der Waals surface area contributed by atoms with E-state index in [0.717, 1.165) is 12.3 Å². The zero-order valence-corrected chi connectivity index (χ0v) is 12.9. The van der Waals surface area contributed by atoms with Gasteiger partial charge in [0, 0.05) is 0 Å². The average molecular weight is 256 g/mol. The molecule has 1 heteroatoms. The molecule has 0 aromatic heterocycles. The highest BCUT2D eigenvalue weighted by Crippen LogP contribution is 2.14. The minimum atomic E-state index is 0.807. The van der Waals surface area contributed by atoms with Gasteiger partial charge < -0.3 is 0 Å². The van der Waals surface area contributed by atoms with Gasteiger partial charge in [-0.1, -0.05) is 96.7 Å². The molecule has 0 nitrogen and oxygen atoms in total. The van der Waals surface area contributed by atoms with Gasteiger partial charge in [-0.25, -0.2) is 0 Å². The molecule has 0 saturated carbocycles. The first-order valence-corrected chi connectivity index (χ1v) is 8.22. The molecule has 0 N–H and O–H groups in total. The van der Waals surface area contributed by atoms with Crippen LogP contribution in [-0.2, 0) is 0 Å². The summed E-state index contributed by atoms with van der Waals surface area (Å²) < 4.78 is 0. The average Bonchev–Trinajstić information content (AvgIpc) is 2.32. The Balaban J connectivity index is 3.00. The van der Waals surface area contributed by atoms with Crippen LogP contribution in [0.15, 0.2) is 0 Å². The summed E-state index contributed by atoms with van der Waals surface area (Å²) in [5.74, 6) is 0.807. The molecule has 0 bridgehead atoms. The normalized spacial score (nSPS) is 12.6. The van der Waals surface area contributed by atoms with Gasteiger partial charge in [0.2, 0.25) is 0 Å². The van der Waals surface area contributed by atoms with Crippen molar-refractivity contribution in [2.24, 2.45) is 5.92 Å². The van der Waals surface area contributed by atoms with E-state index in [1.165, 1.54) is 70.6 Å². The predicted octanol–water partition coefficient (Wildman–Crippen LogP) is 6.32. The van der Waals surface area contributed by atoms with Crippen LogP contribution in [0.25, 0.3) is 0 Å². The lowest BCUT2D eigenvalue weighted by Gasteiger charge is -2.07. The third-order valence-electron chi connectivity index (χ3n) is 3.55. The van der Waals surface area contributed by atoms with Crippen molar-refractivity contribution in [3.63, 3.8) is 0 Å². The Morgan fingerprint density at radius 1 is 0.824 bits per heavy atom. The number of hydrogen-bond acceptors (Lipinski definition) is 1. The van der Waals surface area contributed by atoms with Crippen molar-refractivity contribution in [3.8, 4) is 0 Å². The Labute approximate surface area is 115 Å². The summed E-state index contributed by atoms with van der Waals surface area (Å²) in [5.41, 5.74) is 0. The Hall–Kier alpha value is 0.0900. The molecule has 0 saturated heterocycles. The third-order valence-corrected chi connectivity index (χ3v) is 3.74. The largest absolute Gasteiger partial charge is 0.0935 e. The molecule has 1 unspecified atom stereocenters. The summed E-state index contributed by atoms with van der Waals surface area (Å²) >= 11 is 4.88. The lowest BCUT2D eigenvalue weighted by atomic mass is 9.99. The first-order chi connectivity index (χ1) is 8.31. The van der Waals surface area contributed by atoms with E-state index in [2.05, 4.69) is 13.8 Å². The fourth-order valence-corrected chi connectivity index (χ4v) is 2.59. The Morgan fingerprint density at radius 2 is 1.29 bits per heavy atom. The van der Waals surface area contributed by atoms with Gasteiger partial charge >= 0.3 is 0 Å². The van der Waals surface area contributed by atoms with E-state index in [9.17, 15) is 0 Å². The maximum absolute atomic E-state index is 4.88. The molecule has 0 rings (SSSR count). The second-order valence-corrected chi connectivity index (χ2v) is 5.81. The van der Waals surface area contributed by atoms with Gasteiger partial charge in [-0.3, -0.25) is 0 Å². The number of thiocarbonyl (C=S) groups is 1. The summed E-state index contributed by atoms with van der Waals surface area (Å²) in [6.45, 7) is 4.60. The molecule has 0 heterocycles. The van der Waals surface area contributed by atoms with Crippen molar-refractivity contribution in [3.05, 3.63) is 0 Å². The van der Waals surface area contributed by atoms with Gasteiger partial charge in [0.1, 0.15) is 0 Å². The Kier molecular flexibility index (Phi) is 14.2. The monoisotopic (exact) mass is 256 g/mol. The second kappa shape index (κ2) is 14.2. The van der Waals surface area contributed by atoms with Gasteiger partial charge in [0.05, 0.1) is 0 Å². The highest BCUT2D eigenvalue weighted by molar-refractivity contribution is 7.78. The topological polar surface area (TPSA) is 0 Å². The molecular weight excluding hydrogens is 224 g/mol. The van der Waals surface area contributed by atoms with Crippen LogP contribution >= 0.6 is 12.2 Å². The minimum absolute atomic E-state index is 0.807. The molecule has 0 amide bonds. The molecule has 0 aromatic rings. The zero-order valence-electron chi connectivity index (χ0n) is 12.0. The fourth-order valence-electron chi connectivity index (χ4n) is 2.26. The molecule has 0 spiro atoms. The molecular formula is C16H32S. The van der Waals surface area contributed by atoms with E-state index in [1.54, 1.807) is 0 Å². The summed E-state index contributed by atoms with van der Waals surface area (Å²) in [5, 5.41) is 1.89. The van der Waals surface area contributed by atoms with Gasteiger partial charge in [0.25, 0.3) is 0 Å². The van der Waals surface area contributed by atoms with Crippen LogP contribution in [0.5, 0.6) is 0 Å². The number of rotatable bonds is 13. The van der Waals surface area contributed by atoms with Crippen molar-refractivity contribution in [2.75, 3.05) is 0 Å². The van der Waals surface area contributed by atoms with E-state index in [-0.39, 0.29) is 0 Å². The molecule has 1 atom stereocenters. The molecule has 17 heavy (non-hydrogen) atoms. The number of unbranched alkanes of at least 4 members (excludes halogenated alkanes) is 9. The van der Waals surface area contributed by atoms with Crippen LogP contribution in [0.3, 0.4) is 0 Å². The Bertz CT molecular complexity index is 154. The zero-order chi connectivity index (χ0) is 12.8. The predicted molar refractivity (Wildman–Crippen MR) is 83.9 cm³/mol. The highest BCUT2D eigenvalue weighted by Gasteiger charge is 1.99. The van der Waals surface area contributed by atoms with Crippen molar-refractivity contribution in [1.82, 2.24) is 0 Å². The van der Waals surface area contributed by atoms with Crippen LogP contribution in [0.4, 0.5) is 0 Å². The maximum Gasteiger partial charge on any atom is -0.0208 e. The summed E-state index contributed by atoms with van der Waals surface area (Å²) in [4.78, 5) is 0. The first-order valence-electron chi connectivity index (χ1n) is 7.74. The number of hydrogen-bond donors (Lipinski definition) is 0. The lowest BCUT2D eigenvalue weighted by Crippen LogP contribution is -1.94. The smallest absolute Gasteiger partial charge is 0.0208 e. The van der Waals surface area contributed by atoms with E-state index in [0.29, 0.717) is 0 Å². The quantitative estimate of drug-likeness (QED) is 0.274. The molecule has 0 aromatic carbocycles.